The van der Waals surface area contributed by atoms with Gasteiger partial charge < -0.3 is 16.0 Å². The molecule has 1 aliphatic heterocycles. The molecule has 0 aromatic heterocycles. The van der Waals surface area contributed by atoms with Gasteiger partial charge in [-0.15, -0.1) is 0 Å². The van der Waals surface area contributed by atoms with E-state index >= 15 is 0 Å². The van der Waals surface area contributed by atoms with Gasteiger partial charge in [-0.2, -0.15) is 0 Å². The molecule has 3 amide bonds. The third-order valence-electron chi connectivity index (χ3n) is 5.57. The number of carbonyl (C=O) groups excluding carboxylic acids is 2. The zero-order valence-electron chi connectivity index (χ0n) is 16.7. The maximum atomic E-state index is 12.3. The van der Waals surface area contributed by atoms with E-state index in [0.29, 0.717) is 12.6 Å². The smallest absolute Gasteiger partial charge is 0.319 e. The normalized spacial score (nSPS) is 21.4. The van der Waals surface area contributed by atoms with Crippen LogP contribution in [0.3, 0.4) is 0 Å². The number of benzene rings is 1. The lowest BCUT2D eigenvalue weighted by Crippen LogP contribution is -2.47. The fraction of sp³-hybridized carbons (Fsp3) is 0.619. The van der Waals surface area contributed by atoms with Gasteiger partial charge in [-0.3, -0.25) is 9.69 Å². The van der Waals surface area contributed by atoms with Crippen LogP contribution in [0.5, 0.6) is 0 Å². The van der Waals surface area contributed by atoms with Crippen LogP contribution in [0.25, 0.3) is 0 Å². The van der Waals surface area contributed by atoms with E-state index in [4.69, 9.17) is 0 Å². The van der Waals surface area contributed by atoms with Crippen LogP contribution in [0.2, 0.25) is 0 Å². The van der Waals surface area contributed by atoms with Crippen molar-refractivity contribution in [2.45, 2.75) is 52.5 Å². The van der Waals surface area contributed by atoms with E-state index in [9.17, 15) is 9.59 Å². The number of hydrogen-bond acceptors (Lipinski definition) is 3. The minimum absolute atomic E-state index is 0.0684. The Morgan fingerprint density at radius 3 is 2.70 bits per heavy atom. The number of carbonyl (C=O) groups is 2. The summed E-state index contributed by atoms with van der Waals surface area (Å²) in [4.78, 5) is 26.7. The van der Waals surface area contributed by atoms with E-state index in [-0.39, 0.29) is 17.9 Å². The summed E-state index contributed by atoms with van der Waals surface area (Å²) in [6.07, 6.45) is 4.47. The second kappa shape index (κ2) is 8.74. The lowest BCUT2D eigenvalue weighted by molar-refractivity contribution is -0.117. The molecule has 0 spiro atoms. The number of likely N-dealkylation sites (tertiary alicyclic amines) is 1. The Morgan fingerprint density at radius 2 is 2.00 bits per heavy atom. The van der Waals surface area contributed by atoms with E-state index in [2.05, 4.69) is 34.7 Å². The topological polar surface area (TPSA) is 73.5 Å². The van der Waals surface area contributed by atoms with Gasteiger partial charge in [-0.05, 0) is 69.7 Å². The van der Waals surface area contributed by atoms with Gasteiger partial charge in [0, 0.05) is 36.4 Å². The molecule has 1 heterocycles. The molecular weight excluding hydrogens is 340 g/mol. The molecule has 6 nitrogen and oxygen atoms in total. The van der Waals surface area contributed by atoms with Gasteiger partial charge >= 0.3 is 6.03 Å². The predicted octanol–water partition coefficient (Wildman–Crippen LogP) is 3.59. The lowest BCUT2D eigenvalue weighted by Gasteiger charge is -2.35. The second-order valence-electron chi connectivity index (χ2n) is 8.22. The Kier molecular flexibility index (Phi) is 6.37. The third kappa shape index (κ3) is 5.70. The fourth-order valence-corrected chi connectivity index (χ4v) is 3.59. The zero-order valence-corrected chi connectivity index (χ0v) is 16.7. The number of piperidine rings is 1. The van der Waals surface area contributed by atoms with Crippen molar-refractivity contribution in [3.8, 4) is 0 Å². The van der Waals surface area contributed by atoms with E-state index in [1.165, 1.54) is 12.8 Å². The molecule has 1 aromatic carbocycles. The molecule has 3 rings (SSSR count). The summed E-state index contributed by atoms with van der Waals surface area (Å²) in [5.41, 5.74) is 2.41. The minimum atomic E-state index is -0.208. The molecule has 0 bridgehead atoms. The Balaban J connectivity index is 1.50. The monoisotopic (exact) mass is 372 g/mol. The Hall–Kier alpha value is -2.08. The van der Waals surface area contributed by atoms with E-state index in [0.717, 1.165) is 48.8 Å². The largest absolute Gasteiger partial charge is 0.336 e. The molecule has 3 N–H and O–H groups in total. The first-order valence-corrected chi connectivity index (χ1v) is 10.1. The maximum Gasteiger partial charge on any atom is 0.319 e. The average molecular weight is 373 g/mol. The van der Waals surface area contributed by atoms with E-state index < -0.39 is 0 Å². The highest BCUT2D eigenvalue weighted by molar-refractivity contribution is 5.96. The summed E-state index contributed by atoms with van der Waals surface area (Å²) >= 11 is 0. The molecule has 2 atom stereocenters. The quantitative estimate of drug-likeness (QED) is 0.714. The Bertz CT molecular complexity index is 687. The molecule has 6 heteroatoms. The zero-order chi connectivity index (χ0) is 19.4. The van der Waals surface area contributed by atoms with Gasteiger partial charge in [0.05, 0.1) is 0 Å². The number of urea groups is 1. The summed E-state index contributed by atoms with van der Waals surface area (Å²) in [5.74, 6) is 0.954. The average Bonchev–Trinajstić information content (AvgIpc) is 3.48. The highest BCUT2D eigenvalue weighted by atomic mass is 16.2. The van der Waals surface area contributed by atoms with E-state index in [1.807, 2.05) is 25.1 Å². The molecule has 2 aliphatic rings. The number of amides is 3. The summed E-state index contributed by atoms with van der Waals surface area (Å²) < 4.78 is 0. The standard InChI is InChI=1S/C21H32N4O2/c1-14-5-4-10-25(13-14)16(3)12-22-21(27)24-19-11-18(9-6-15(19)2)23-20(26)17-7-8-17/h6,9,11,14,16-17H,4-5,7-8,10,12-13H2,1-3H3,(H,23,26)(H2,22,24,27)/t14-,16+/m0/s1. The van der Waals surface area contributed by atoms with E-state index in [1.54, 1.807) is 0 Å². The van der Waals surface area contributed by atoms with Crippen LogP contribution in [0.1, 0.15) is 45.1 Å². The van der Waals surface area contributed by atoms with Gasteiger partial charge in [-0.25, -0.2) is 4.79 Å². The summed E-state index contributed by atoms with van der Waals surface area (Å²) in [6.45, 7) is 9.23. The SMILES string of the molecule is Cc1ccc(NC(=O)C2CC2)cc1NC(=O)NC[C@@H](C)N1CCC[C@H](C)C1. The Morgan fingerprint density at radius 1 is 1.22 bits per heavy atom. The fourth-order valence-electron chi connectivity index (χ4n) is 3.59. The van der Waals surface area contributed by atoms with Crippen molar-refractivity contribution >= 4 is 23.3 Å². The van der Waals surface area contributed by atoms with Gasteiger partial charge in [0.1, 0.15) is 0 Å². The van der Waals surface area contributed by atoms with Crippen LogP contribution in [0.15, 0.2) is 18.2 Å². The molecule has 1 saturated heterocycles. The first kappa shape index (κ1) is 19.7. The molecule has 1 saturated carbocycles. The lowest BCUT2D eigenvalue weighted by atomic mass is 9.99. The molecule has 2 fully saturated rings. The maximum absolute atomic E-state index is 12.3. The van der Waals surface area contributed by atoms with Crippen molar-refractivity contribution in [1.82, 2.24) is 10.2 Å². The number of rotatable bonds is 6. The van der Waals surface area contributed by atoms with Crippen molar-refractivity contribution in [2.75, 3.05) is 30.3 Å². The number of anilines is 2. The van der Waals surface area contributed by atoms with Gasteiger partial charge in [0.25, 0.3) is 0 Å². The van der Waals surface area contributed by atoms with Crippen molar-refractivity contribution in [2.24, 2.45) is 11.8 Å². The van der Waals surface area contributed by atoms with Gasteiger partial charge in [-0.1, -0.05) is 13.0 Å². The van der Waals surface area contributed by atoms with Gasteiger partial charge in [0.2, 0.25) is 5.91 Å². The summed E-state index contributed by atoms with van der Waals surface area (Å²) in [7, 11) is 0. The number of hydrogen-bond donors (Lipinski definition) is 3. The van der Waals surface area contributed by atoms with Crippen LogP contribution in [0, 0.1) is 18.8 Å². The highest BCUT2D eigenvalue weighted by Gasteiger charge is 2.29. The van der Waals surface area contributed by atoms with Crippen LogP contribution in [-0.2, 0) is 4.79 Å². The summed E-state index contributed by atoms with van der Waals surface area (Å²) in [6, 6.07) is 5.73. The second-order valence-corrected chi connectivity index (χ2v) is 8.22. The minimum Gasteiger partial charge on any atom is -0.336 e. The van der Waals surface area contributed by atoms with Crippen LogP contribution < -0.4 is 16.0 Å². The molecule has 0 radical (unpaired) electrons. The number of aryl methyl sites for hydroxylation is 1. The van der Waals surface area contributed by atoms with Gasteiger partial charge in [0.15, 0.2) is 0 Å². The van der Waals surface area contributed by atoms with Crippen LogP contribution in [0.4, 0.5) is 16.2 Å². The first-order chi connectivity index (χ1) is 12.9. The number of nitrogens with zero attached hydrogens (tertiary/aromatic N) is 1. The van der Waals surface area contributed by atoms with Crippen molar-refractivity contribution in [3.63, 3.8) is 0 Å². The first-order valence-electron chi connectivity index (χ1n) is 10.1. The van der Waals surface area contributed by atoms with Crippen LogP contribution >= 0.6 is 0 Å². The van der Waals surface area contributed by atoms with Crippen molar-refractivity contribution < 1.29 is 9.59 Å². The van der Waals surface area contributed by atoms with Crippen LogP contribution in [-0.4, -0.2) is 42.5 Å². The molecule has 0 unspecified atom stereocenters. The predicted molar refractivity (Wildman–Crippen MR) is 109 cm³/mol. The van der Waals surface area contributed by atoms with Crippen molar-refractivity contribution in [1.29, 1.82) is 0 Å². The molecule has 1 aromatic rings. The Labute approximate surface area is 162 Å². The third-order valence-corrected chi connectivity index (χ3v) is 5.57. The molecular formula is C21H32N4O2. The molecule has 27 heavy (non-hydrogen) atoms. The highest BCUT2D eigenvalue weighted by Crippen LogP contribution is 2.30. The summed E-state index contributed by atoms with van der Waals surface area (Å²) in [5, 5.41) is 8.82. The molecule has 1 aliphatic carbocycles. The van der Waals surface area contributed by atoms with Crippen molar-refractivity contribution in [3.05, 3.63) is 23.8 Å². The molecule has 148 valence electrons. The number of nitrogens with one attached hydrogen (secondary N) is 3.